The zero-order chi connectivity index (χ0) is 26.3. The average Bonchev–Trinajstić information content (AvgIpc) is 3.23. The van der Waals surface area contributed by atoms with Gasteiger partial charge in [-0.1, -0.05) is 54.1 Å². The first-order valence-electron chi connectivity index (χ1n) is 14.0. The Labute approximate surface area is 222 Å². The molecule has 37 heavy (non-hydrogen) atoms. The molecule has 5 atom stereocenters. The quantitative estimate of drug-likeness (QED) is 0.366. The van der Waals surface area contributed by atoms with Crippen molar-refractivity contribution in [1.82, 2.24) is 4.90 Å². The molecule has 2 aromatic carbocycles. The highest BCUT2D eigenvalue weighted by Crippen LogP contribution is 2.43. The average molecular weight is 511 g/mol. The third-order valence-electron chi connectivity index (χ3n) is 8.40. The van der Waals surface area contributed by atoms with Crippen LogP contribution in [0.2, 0.25) is 0 Å². The van der Waals surface area contributed by atoms with Crippen LogP contribution in [0, 0.1) is 18.8 Å². The van der Waals surface area contributed by atoms with E-state index in [1.165, 1.54) is 5.56 Å². The first kappa shape index (κ1) is 28.2. The summed E-state index contributed by atoms with van der Waals surface area (Å²) in [4.78, 5) is 2.34. The number of likely N-dealkylation sites (tertiary alicyclic amines) is 1. The van der Waals surface area contributed by atoms with Gasteiger partial charge in [-0.2, -0.15) is 0 Å². The van der Waals surface area contributed by atoms with Crippen LogP contribution >= 0.6 is 0 Å². The second-order valence-corrected chi connectivity index (χ2v) is 11.3. The minimum absolute atomic E-state index is 0.112. The molecular formula is C31H46N2O4. The van der Waals surface area contributed by atoms with E-state index in [0.29, 0.717) is 32.3 Å². The molecule has 2 aliphatic rings. The highest BCUT2D eigenvalue weighted by molar-refractivity contribution is 5.69. The van der Waals surface area contributed by atoms with Gasteiger partial charge in [-0.15, -0.1) is 0 Å². The van der Waals surface area contributed by atoms with Crippen LogP contribution in [0.25, 0.3) is 11.1 Å². The van der Waals surface area contributed by atoms with Crippen molar-refractivity contribution in [1.29, 1.82) is 0 Å². The van der Waals surface area contributed by atoms with Crippen molar-refractivity contribution in [2.45, 2.75) is 69.6 Å². The first-order chi connectivity index (χ1) is 17.9. The molecule has 0 aromatic heterocycles. The fourth-order valence-electron chi connectivity index (χ4n) is 6.25. The van der Waals surface area contributed by atoms with Crippen molar-refractivity contribution in [2.24, 2.45) is 17.6 Å². The number of nitrogens with two attached hydrogens (primary N) is 1. The van der Waals surface area contributed by atoms with Gasteiger partial charge in [-0.3, -0.25) is 4.90 Å². The lowest BCUT2D eigenvalue weighted by atomic mass is 9.72. The van der Waals surface area contributed by atoms with Crippen LogP contribution in [0.4, 0.5) is 0 Å². The number of hydrogen-bond acceptors (Lipinski definition) is 6. The van der Waals surface area contributed by atoms with Gasteiger partial charge in [0.2, 0.25) is 0 Å². The summed E-state index contributed by atoms with van der Waals surface area (Å²) in [5.74, 6) is 0.436. The van der Waals surface area contributed by atoms with E-state index in [1.54, 1.807) is 7.11 Å². The van der Waals surface area contributed by atoms with Gasteiger partial charge in [0.05, 0.1) is 25.0 Å². The number of aryl methyl sites for hydroxylation is 1. The molecule has 2 fully saturated rings. The maximum atomic E-state index is 12.5. The van der Waals surface area contributed by atoms with Gasteiger partial charge in [-0.05, 0) is 74.5 Å². The van der Waals surface area contributed by atoms with Crippen molar-refractivity contribution >= 4 is 0 Å². The Morgan fingerprint density at radius 3 is 2.59 bits per heavy atom. The van der Waals surface area contributed by atoms with Crippen LogP contribution in [0.15, 0.2) is 48.5 Å². The highest BCUT2D eigenvalue weighted by Gasteiger charge is 2.41. The summed E-state index contributed by atoms with van der Waals surface area (Å²) >= 11 is 0. The molecule has 1 heterocycles. The Morgan fingerprint density at radius 2 is 1.86 bits per heavy atom. The van der Waals surface area contributed by atoms with Crippen LogP contribution in [0.5, 0.6) is 0 Å². The Bertz CT molecular complexity index is 958. The van der Waals surface area contributed by atoms with E-state index < -0.39 is 11.7 Å². The monoisotopic (exact) mass is 510 g/mol. The van der Waals surface area contributed by atoms with E-state index in [2.05, 4.69) is 60.4 Å². The lowest BCUT2D eigenvalue weighted by Gasteiger charge is -2.43. The highest BCUT2D eigenvalue weighted by atomic mass is 16.5. The number of aliphatic hydroxyl groups excluding tert-OH is 1. The molecular weight excluding hydrogens is 464 g/mol. The summed E-state index contributed by atoms with van der Waals surface area (Å²) in [6.45, 7) is 5.77. The normalized spacial score (nSPS) is 26.3. The molecule has 204 valence electrons. The fraction of sp³-hybridized carbons (Fsp3) is 0.613. The number of unbranched alkanes of at least 4 members (excludes halogenated alkanes) is 1. The summed E-state index contributed by atoms with van der Waals surface area (Å²) in [6, 6.07) is 16.8. The molecule has 1 saturated heterocycles. The second kappa shape index (κ2) is 13.3. The Hall–Kier alpha value is -1.80. The first-order valence-corrected chi connectivity index (χ1v) is 14.0. The fourth-order valence-corrected chi connectivity index (χ4v) is 6.25. The van der Waals surface area contributed by atoms with Crippen molar-refractivity contribution < 1.29 is 19.7 Å². The van der Waals surface area contributed by atoms with Crippen LogP contribution in [0.3, 0.4) is 0 Å². The molecule has 1 aliphatic carbocycles. The van der Waals surface area contributed by atoms with E-state index >= 15 is 0 Å². The number of piperidine rings is 1. The van der Waals surface area contributed by atoms with Crippen molar-refractivity contribution in [3.63, 3.8) is 0 Å². The number of aliphatic hydroxyl groups is 2. The lowest BCUT2D eigenvalue weighted by molar-refractivity contribution is -0.0823. The Morgan fingerprint density at radius 1 is 1.08 bits per heavy atom. The minimum Gasteiger partial charge on any atom is -0.392 e. The van der Waals surface area contributed by atoms with Gasteiger partial charge in [0.1, 0.15) is 0 Å². The number of rotatable bonds is 12. The van der Waals surface area contributed by atoms with Gasteiger partial charge in [-0.25, -0.2) is 0 Å². The van der Waals surface area contributed by atoms with Gasteiger partial charge in [0.25, 0.3) is 0 Å². The number of methoxy groups -OCH3 is 1. The molecule has 6 heteroatoms. The summed E-state index contributed by atoms with van der Waals surface area (Å²) in [5.41, 5.74) is 9.55. The van der Waals surface area contributed by atoms with Gasteiger partial charge in [0, 0.05) is 38.8 Å². The molecule has 0 radical (unpaired) electrons. The predicted octanol–water partition coefficient (Wildman–Crippen LogP) is 4.45. The van der Waals surface area contributed by atoms with Crippen molar-refractivity contribution in [2.75, 3.05) is 40.1 Å². The third-order valence-corrected chi connectivity index (χ3v) is 8.40. The summed E-state index contributed by atoms with van der Waals surface area (Å²) in [5, 5.41) is 22.5. The van der Waals surface area contributed by atoms with Crippen molar-refractivity contribution in [3.8, 4) is 11.1 Å². The van der Waals surface area contributed by atoms with Crippen molar-refractivity contribution in [3.05, 3.63) is 59.7 Å². The van der Waals surface area contributed by atoms with Gasteiger partial charge >= 0.3 is 0 Å². The Balaban J connectivity index is 1.50. The molecule has 2 aromatic rings. The van der Waals surface area contributed by atoms with Gasteiger partial charge in [0.15, 0.2) is 0 Å². The van der Waals surface area contributed by atoms with Crippen LogP contribution in [-0.4, -0.2) is 67.4 Å². The standard InChI is InChI=1S/C31H46N2O4/c1-23-11-13-25(14-12-23)27-9-3-4-10-28(27)31(35,15-5-6-17-36-2)26-8-7-16-33(20-26)22-37-21-24-18-29(32)30(34)19-24/h3-4,9-14,24,26,29-30,34-35H,5-8,15-22,32H2,1-2H3/t24-,26+,29+,30-,31-/m0/s1. The smallest absolute Gasteiger partial charge is 0.0990 e. The molecule has 1 saturated carbocycles. The summed E-state index contributed by atoms with van der Waals surface area (Å²) in [7, 11) is 1.73. The van der Waals surface area contributed by atoms with E-state index in [1.807, 2.05) is 0 Å². The SMILES string of the molecule is COCCCC[C@@](O)(c1ccccc1-c1ccc(C)cc1)[C@@H]1CCCN(COC[C@H]2C[C@@H](N)[C@@H](O)C2)C1. The molecule has 0 unspecified atom stereocenters. The van der Waals surface area contributed by atoms with Crippen LogP contribution in [0.1, 0.15) is 56.1 Å². The second-order valence-electron chi connectivity index (χ2n) is 11.3. The zero-order valence-corrected chi connectivity index (χ0v) is 22.6. The van der Waals surface area contributed by atoms with E-state index in [9.17, 15) is 10.2 Å². The largest absolute Gasteiger partial charge is 0.392 e. The molecule has 0 bridgehead atoms. The molecule has 0 spiro atoms. The molecule has 1 aliphatic heterocycles. The van der Waals surface area contributed by atoms with Crippen LogP contribution < -0.4 is 5.73 Å². The molecule has 6 nitrogen and oxygen atoms in total. The predicted molar refractivity (Wildman–Crippen MR) is 148 cm³/mol. The van der Waals surface area contributed by atoms with E-state index in [-0.39, 0.29) is 12.0 Å². The Kier molecular flexibility index (Phi) is 10.2. The number of ether oxygens (including phenoxy) is 2. The molecule has 4 N–H and O–H groups in total. The third kappa shape index (κ3) is 7.20. The molecule has 4 rings (SSSR count). The zero-order valence-electron chi connectivity index (χ0n) is 22.6. The summed E-state index contributed by atoms with van der Waals surface area (Å²) in [6.07, 6.45) is 5.70. The summed E-state index contributed by atoms with van der Waals surface area (Å²) < 4.78 is 11.4. The maximum absolute atomic E-state index is 12.5. The maximum Gasteiger partial charge on any atom is 0.0990 e. The molecule has 0 amide bonds. The topological polar surface area (TPSA) is 88.2 Å². The van der Waals surface area contributed by atoms with E-state index in [4.69, 9.17) is 15.2 Å². The van der Waals surface area contributed by atoms with E-state index in [0.717, 1.165) is 68.3 Å². The number of benzene rings is 2. The lowest BCUT2D eigenvalue weighted by Crippen LogP contribution is -2.47. The number of nitrogens with zero attached hydrogens (tertiary/aromatic N) is 1. The number of hydrogen-bond donors (Lipinski definition) is 3. The van der Waals surface area contributed by atoms with Gasteiger partial charge < -0.3 is 25.4 Å². The van der Waals surface area contributed by atoms with Crippen LogP contribution in [-0.2, 0) is 15.1 Å². The minimum atomic E-state index is -0.934.